The van der Waals surface area contributed by atoms with Crippen LogP contribution in [0, 0.1) is 0 Å². The molecular weight excluding hydrogens is 246 g/mol. The lowest BCUT2D eigenvalue weighted by molar-refractivity contribution is -0.151. The topological polar surface area (TPSA) is 63.7 Å². The molecule has 0 aromatic heterocycles. The summed E-state index contributed by atoms with van der Waals surface area (Å²) in [6, 6.07) is 0. The SMILES string of the molecule is C1=CCC=C1.C=C1CC(=O)N(CC(=O)OCC)C1=O. The van der Waals surface area contributed by atoms with Gasteiger partial charge in [0.2, 0.25) is 5.91 Å². The summed E-state index contributed by atoms with van der Waals surface area (Å²) in [6.07, 6.45) is 9.50. The van der Waals surface area contributed by atoms with Crippen LogP contribution >= 0.6 is 0 Å². The van der Waals surface area contributed by atoms with Crippen molar-refractivity contribution in [3.05, 3.63) is 36.5 Å². The summed E-state index contributed by atoms with van der Waals surface area (Å²) in [6.45, 7) is 5.00. The van der Waals surface area contributed by atoms with Gasteiger partial charge in [-0.05, 0) is 13.3 Å². The zero-order chi connectivity index (χ0) is 14.3. The van der Waals surface area contributed by atoms with Crippen LogP contribution in [0.5, 0.6) is 0 Å². The first-order valence-corrected chi connectivity index (χ1v) is 6.06. The zero-order valence-corrected chi connectivity index (χ0v) is 10.9. The maximum absolute atomic E-state index is 11.3. The molecule has 0 saturated carbocycles. The summed E-state index contributed by atoms with van der Waals surface area (Å²) in [5.41, 5.74) is 0.222. The molecule has 0 atom stereocenters. The number of ether oxygens (including phenoxy) is 1. The highest BCUT2D eigenvalue weighted by atomic mass is 16.5. The van der Waals surface area contributed by atoms with Gasteiger partial charge in [-0.15, -0.1) is 0 Å². The number of allylic oxidation sites excluding steroid dienone is 4. The number of amides is 2. The van der Waals surface area contributed by atoms with E-state index in [0.717, 1.165) is 11.3 Å². The second-order valence-electron chi connectivity index (χ2n) is 3.96. The van der Waals surface area contributed by atoms with Gasteiger partial charge in [-0.25, -0.2) is 0 Å². The van der Waals surface area contributed by atoms with Gasteiger partial charge in [-0.1, -0.05) is 30.9 Å². The lowest BCUT2D eigenvalue weighted by Crippen LogP contribution is -2.35. The zero-order valence-electron chi connectivity index (χ0n) is 10.9. The number of carbonyl (C=O) groups excluding carboxylic acids is 3. The van der Waals surface area contributed by atoms with Crippen molar-refractivity contribution in [2.24, 2.45) is 0 Å². The number of imide groups is 1. The number of hydrogen-bond donors (Lipinski definition) is 0. The molecule has 1 saturated heterocycles. The Morgan fingerprint density at radius 1 is 1.37 bits per heavy atom. The summed E-state index contributed by atoms with van der Waals surface area (Å²) in [7, 11) is 0. The molecule has 0 N–H and O–H groups in total. The van der Waals surface area contributed by atoms with Gasteiger partial charge in [0.05, 0.1) is 13.0 Å². The Hall–Kier alpha value is -2.17. The van der Waals surface area contributed by atoms with Crippen LogP contribution in [0.4, 0.5) is 0 Å². The van der Waals surface area contributed by atoms with E-state index >= 15 is 0 Å². The molecule has 0 unspecified atom stereocenters. The smallest absolute Gasteiger partial charge is 0.326 e. The van der Waals surface area contributed by atoms with Crippen molar-refractivity contribution in [3.63, 3.8) is 0 Å². The van der Waals surface area contributed by atoms with Crippen molar-refractivity contribution in [1.82, 2.24) is 4.90 Å². The normalized spacial score (nSPS) is 16.7. The first-order valence-electron chi connectivity index (χ1n) is 6.06. The second-order valence-corrected chi connectivity index (χ2v) is 3.96. The van der Waals surface area contributed by atoms with Gasteiger partial charge in [0, 0.05) is 5.57 Å². The van der Waals surface area contributed by atoms with Crippen LogP contribution < -0.4 is 0 Å². The number of carbonyl (C=O) groups is 3. The maximum Gasteiger partial charge on any atom is 0.326 e. The van der Waals surface area contributed by atoms with E-state index in [1.54, 1.807) is 6.92 Å². The van der Waals surface area contributed by atoms with Crippen LogP contribution in [-0.4, -0.2) is 35.8 Å². The molecule has 1 aliphatic carbocycles. The van der Waals surface area contributed by atoms with Gasteiger partial charge in [0.15, 0.2) is 0 Å². The molecule has 0 bridgehead atoms. The minimum atomic E-state index is -0.580. The Bertz CT molecular complexity index is 438. The first kappa shape index (κ1) is 14.9. The first-order chi connectivity index (χ1) is 9.06. The van der Waals surface area contributed by atoms with Crippen LogP contribution in [-0.2, 0) is 19.1 Å². The van der Waals surface area contributed by atoms with Crippen LogP contribution in [0.15, 0.2) is 36.5 Å². The lowest BCUT2D eigenvalue weighted by Gasteiger charge is -2.11. The molecule has 0 aromatic rings. The molecule has 0 aromatic carbocycles. The Labute approximate surface area is 112 Å². The van der Waals surface area contributed by atoms with Gasteiger partial charge in [0.1, 0.15) is 6.54 Å². The van der Waals surface area contributed by atoms with Gasteiger partial charge >= 0.3 is 5.97 Å². The van der Waals surface area contributed by atoms with Crippen molar-refractivity contribution < 1.29 is 19.1 Å². The van der Waals surface area contributed by atoms with E-state index in [0.29, 0.717) is 0 Å². The molecule has 0 radical (unpaired) electrons. The Morgan fingerprint density at radius 3 is 2.37 bits per heavy atom. The monoisotopic (exact) mass is 263 g/mol. The largest absolute Gasteiger partial charge is 0.465 e. The fourth-order valence-electron chi connectivity index (χ4n) is 1.55. The molecule has 2 rings (SSSR count). The third-order valence-corrected chi connectivity index (χ3v) is 2.46. The van der Waals surface area contributed by atoms with Gasteiger partial charge in [-0.3, -0.25) is 19.3 Å². The minimum absolute atomic E-state index is 0.00175. The van der Waals surface area contributed by atoms with Gasteiger partial charge in [-0.2, -0.15) is 0 Å². The van der Waals surface area contributed by atoms with Crippen molar-refractivity contribution in [2.75, 3.05) is 13.2 Å². The maximum atomic E-state index is 11.3. The second kappa shape index (κ2) is 7.31. The van der Waals surface area contributed by atoms with E-state index < -0.39 is 17.8 Å². The van der Waals surface area contributed by atoms with Crippen LogP contribution in [0.1, 0.15) is 19.8 Å². The highest BCUT2D eigenvalue weighted by molar-refractivity contribution is 6.14. The summed E-state index contributed by atoms with van der Waals surface area (Å²) in [5.74, 6) is -1.46. The van der Waals surface area contributed by atoms with Crippen molar-refractivity contribution in [3.8, 4) is 0 Å². The molecule has 5 nitrogen and oxygen atoms in total. The van der Waals surface area contributed by atoms with Crippen molar-refractivity contribution in [1.29, 1.82) is 0 Å². The molecule has 19 heavy (non-hydrogen) atoms. The summed E-state index contributed by atoms with van der Waals surface area (Å²) in [4.78, 5) is 34.3. The number of likely N-dealkylation sites (tertiary alicyclic amines) is 1. The number of hydrogen-bond acceptors (Lipinski definition) is 4. The van der Waals surface area contributed by atoms with E-state index in [-0.39, 0.29) is 25.1 Å². The summed E-state index contributed by atoms with van der Waals surface area (Å²) < 4.78 is 4.62. The van der Waals surface area contributed by atoms with Crippen LogP contribution in [0.2, 0.25) is 0 Å². The van der Waals surface area contributed by atoms with Crippen LogP contribution in [0.3, 0.4) is 0 Å². The molecule has 2 amide bonds. The third-order valence-electron chi connectivity index (χ3n) is 2.46. The highest BCUT2D eigenvalue weighted by Crippen LogP contribution is 2.16. The van der Waals surface area contributed by atoms with Crippen molar-refractivity contribution in [2.45, 2.75) is 19.8 Å². The predicted octanol–water partition coefficient (Wildman–Crippen LogP) is 1.37. The standard InChI is InChI=1S/C9H11NO4.C5H6/c1-3-14-8(12)5-10-7(11)4-6(2)9(10)13;1-2-4-5-3-1/h2-5H2,1H3;1-4H,5H2. The average molecular weight is 263 g/mol. The molecule has 1 aliphatic heterocycles. The minimum Gasteiger partial charge on any atom is -0.465 e. The molecule has 102 valence electrons. The quantitative estimate of drug-likeness (QED) is 0.438. The number of nitrogens with zero attached hydrogens (tertiary/aromatic N) is 1. The van der Waals surface area contributed by atoms with Gasteiger partial charge in [0.25, 0.3) is 5.91 Å². The fraction of sp³-hybridized carbons (Fsp3) is 0.357. The Balaban J connectivity index is 0.000000300. The Morgan fingerprint density at radius 2 is 2.00 bits per heavy atom. The van der Waals surface area contributed by atoms with E-state index in [9.17, 15) is 14.4 Å². The average Bonchev–Trinajstić information content (AvgIpc) is 2.99. The number of rotatable bonds is 3. The van der Waals surface area contributed by atoms with Gasteiger partial charge < -0.3 is 4.74 Å². The molecule has 2 aliphatic rings. The molecular formula is C14H17NO4. The number of esters is 1. The molecule has 0 spiro atoms. The summed E-state index contributed by atoms with van der Waals surface area (Å²) in [5, 5.41) is 0. The van der Waals surface area contributed by atoms with E-state index in [4.69, 9.17) is 0 Å². The van der Waals surface area contributed by atoms with Crippen LogP contribution in [0.25, 0.3) is 0 Å². The predicted molar refractivity (Wildman–Crippen MR) is 70.0 cm³/mol. The highest BCUT2D eigenvalue weighted by Gasteiger charge is 2.33. The van der Waals surface area contributed by atoms with E-state index in [1.165, 1.54) is 0 Å². The molecule has 1 fully saturated rings. The lowest BCUT2D eigenvalue weighted by atomic mass is 10.3. The molecule has 5 heteroatoms. The van der Waals surface area contributed by atoms with E-state index in [1.807, 2.05) is 0 Å². The summed E-state index contributed by atoms with van der Waals surface area (Å²) >= 11 is 0. The van der Waals surface area contributed by atoms with Crippen molar-refractivity contribution >= 4 is 17.8 Å². The van der Waals surface area contributed by atoms with E-state index in [2.05, 4.69) is 35.6 Å². The Kier molecular flexibility index (Phi) is 5.73. The third kappa shape index (κ3) is 4.54. The molecule has 1 heterocycles. The fourth-order valence-corrected chi connectivity index (χ4v) is 1.55.